The number of amides is 2. The molecule has 3 aliphatic rings. The van der Waals surface area contributed by atoms with Crippen LogP contribution in [0.15, 0.2) is 23.2 Å². The molecule has 1 aliphatic carbocycles. The fraction of sp³-hybridized carbons (Fsp3) is 0.640. The van der Waals surface area contributed by atoms with Gasteiger partial charge in [0, 0.05) is 25.1 Å². The van der Waals surface area contributed by atoms with Crippen LogP contribution in [0.2, 0.25) is 0 Å². The summed E-state index contributed by atoms with van der Waals surface area (Å²) in [6.07, 6.45) is 8.25. The van der Waals surface area contributed by atoms with E-state index in [9.17, 15) is 14.7 Å². The molecule has 0 aromatic heterocycles. The lowest BCUT2D eigenvalue weighted by Crippen LogP contribution is -2.38. The first kappa shape index (κ1) is 23.5. The zero-order valence-electron chi connectivity index (χ0n) is 19.6. The van der Waals surface area contributed by atoms with Crippen molar-refractivity contribution in [3.63, 3.8) is 0 Å². The van der Waals surface area contributed by atoms with Crippen LogP contribution in [0.25, 0.3) is 0 Å². The van der Waals surface area contributed by atoms with E-state index in [0.29, 0.717) is 38.0 Å². The van der Waals surface area contributed by atoms with Crippen LogP contribution < -0.4 is 10.1 Å². The van der Waals surface area contributed by atoms with Crippen molar-refractivity contribution in [1.29, 1.82) is 0 Å². The Labute approximate surface area is 196 Å². The molecule has 1 saturated carbocycles. The van der Waals surface area contributed by atoms with Crippen LogP contribution in [0.3, 0.4) is 0 Å². The number of nitrogens with zero attached hydrogens (tertiary/aromatic N) is 3. The van der Waals surface area contributed by atoms with Crippen LogP contribution in [0.1, 0.15) is 69.9 Å². The van der Waals surface area contributed by atoms with Crippen LogP contribution in [-0.2, 0) is 9.59 Å². The van der Waals surface area contributed by atoms with Gasteiger partial charge < -0.3 is 19.6 Å². The molecule has 2 fully saturated rings. The fourth-order valence-electron chi connectivity index (χ4n) is 5.07. The number of aliphatic imine (C=N–C) groups is 1. The van der Waals surface area contributed by atoms with Gasteiger partial charge in [-0.25, -0.2) is 4.99 Å². The molecule has 180 valence electrons. The summed E-state index contributed by atoms with van der Waals surface area (Å²) in [6.45, 7) is 4.17. The van der Waals surface area contributed by atoms with E-state index in [1.807, 2.05) is 28.0 Å². The molecule has 1 atom stereocenters. The maximum Gasteiger partial charge on any atom is 0.246 e. The third-order valence-electron chi connectivity index (χ3n) is 6.96. The predicted octanol–water partition coefficient (Wildman–Crippen LogP) is 3.13. The molecule has 1 unspecified atom stereocenters. The minimum atomic E-state index is -0.0317. The van der Waals surface area contributed by atoms with Gasteiger partial charge in [0.1, 0.15) is 12.3 Å². The van der Waals surface area contributed by atoms with E-state index in [-0.39, 0.29) is 24.5 Å². The zero-order chi connectivity index (χ0) is 23.2. The summed E-state index contributed by atoms with van der Waals surface area (Å²) in [7, 11) is 0. The number of benzene rings is 1. The summed E-state index contributed by atoms with van der Waals surface area (Å²) in [5.41, 5.74) is 1.90. The van der Waals surface area contributed by atoms with Gasteiger partial charge >= 0.3 is 0 Å². The van der Waals surface area contributed by atoms with Gasteiger partial charge in [-0.05, 0) is 56.7 Å². The number of aliphatic hydroxyl groups is 1. The monoisotopic (exact) mass is 456 g/mol. The van der Waals surface area contributed by atoms with Crippen molar-refractivity contribution in [3.8, 4) is 5.75 Å². The first-order valence-electron chi connectivity index (χ1n) is 12.4. The minimum Gasteiger partial charge on any atom is -0.494 e. The van der Waals surface area contributed by atoms with E-state index in [1.165, 1.54) is 32.1 Å². The van der Waals surface area contributed by atoms with E-state index in [1.54, 1.807) is 0 Å². The normalized spacial score (nSPS) is 20.1. The molecule has 2 heterocycles. The van der Waals surface area contributed by atoms with Crippen LogP contribution in [0, 0.1) is 5.92 Å². The van der Waals surface area contributed by atoms with Gasteiger partial charge in [0.15, 0.2) is 0 Å². The second-order valence-corrected chi connectivity index (χ2v) is 9.38. The number of carbonyl (C=O) groups is 2. The van der Waals surface area contributed by atoms with Gasteiger partial charge in [0.25, 0.3) is 0 Å². The zero-order valence-corrected chi connectivity index (χ0v) is 19.6. The smallest absolute Gasteiger partial charge is 0.246 e. The molecule has 0 bridgehead atoms. The second kappa shape index (κ2) is 11.0. The highest BCUT2D eigenvalue weighted by atomic mass is 16.5. The third kappa shape index (κ3) is 5.85. The van der Waals surface area contributed by atoms with Crippen molar-refractivity contribution in [2.24, 2.45) is 10.9 Å². The van der Waals surface area contributed by atoms with Crippen molar-refractivity contribution in [2.45, 2.75) is 64.3 Å². The van der Waals surface area contributed by atoms with Crippen LogP contribution in [0.4, 0.5) is 5.69 Å². The molecular weight excluding hydrogens is 420 g/mol. The Morgan fingerprint density at radius 1 is 1.27 bits per heavy atom. The van der Waals surface area contributed by atoms with Crippen LogP contribution in [-0.4, -0.2) is 65.5 Å². The Bertz CT molecular complexity index is 881. The first-order valence-corrected chi connectivity index (χ1v) is 12.4. The molecule has 1 aromatic rings. The molecule has 8 heteroatoms. The highest BCUT2D eigenvalue weighted by molar-refractivity contribution is 6.06. The predicted molar refractivity (Wildman–Crippen MR) is 126 cm³/mol. The number of ether oxygens (including phenoxy) is 1. The largest absolute Gasteiger partial charge is 0.494 e. The average molecular weight is 457 g/mol. The lowest BCUT2D eigenvalue weighted by Gasteiger charge is -2.30. The van der Waals surface area contributed by atoms with E-state index in [0.717, 1.165) is 36.4 Å². The number of carbonyl (C=O) groups excluding carboxylic acids is 2. The van der Waals surface area contributed by atoms with Crippen molar-refractivity contribution in [1.82, 2.24) is 15.1 Å². The highest BCUT2D eigenvalue weighted by Gasteiger charge is 2.34. The third-order valence-corrected chi connectivity index (χ3v) is 6.96. The number of hydrogen-bond donors (Lipinski definition) is 2. The van der Waals surface area contributed by atoms with Crippen molar-refractivity contribution in [2.75, 3.05) is 32.8 Å². The Kier molecular flexibility index (Phi) is 7.85. The maximum atomic E-state index is 12.7. The van der Waals surface area contributed by atoms with Crippen molar-refractivity contribution >= 4 is 23.5 Å². The quantitative estimate of drug-likeness (QED) is 0.528. The minimum absolute atomic E-state index is 0.0194. The molecule has 1 aromatic carbocycles. The maximum absolute atomic E-state index is 12.7. The number of aliphatic hydroxyl groups excluding tert-OH is 1. The molecule has 1 saturated heterocycles. The lowest BCUT2D eigenvalue weighted by atomic mass is 9.89. The van der Waals surface area contributed by atoms with Crippen LogP contribution in [0.5, 0.6) is 5.75 Å². The summed E-state index contributed by atoms with van der Waals surface area (Å²) in [5.74, 6) is 2.09. The number of rotatable bonds is 10. The molecule has 2 aliphatic heterocycles. The molecule has 0 radical (unpaired) electrons. The molecule has 33 heavy (non-hydrogen) atoms. The summed E-state index contributed by atoms with van der Waals surface area (Å²) < 4.78 is 5.95. The summed E-state index contributed by atoms with van der Waals surface area (Å²) in [4.78, 5) is 32.7. The number of nitrogens with one attached hydrogen (secondary N) is 1. The number of hydrogen-bond acceptors (Lipinski definition) is 6. The van der Waals surface area contributed by atoms with Gasteiger partial charge in [-0.3, -0.25) is 14.9 Å². The molecule has 8 nitrogen and oxygen atoms in total. The lowest BCUT2D eigenvalue weighted by molar-refractivity contribution is -0.132. The fourth-order valence-corrected chi connectivity index (χ4v) is 5.07. The molecular formula is C25H36N4O4. The second-order valence-electron chi connectivity index (χ2n) is 9.38. The Hall–Kier alpha value is -2.61. The van der Waals surface area contributed by atoms with E-state index in [2.05, 4.69) is 17.2 Å². The Morgan fingerprint density at radius 3 is 2.88 bits per heavy atom. The van der Waals surface area contributed by atoms with Crippen LogP contribution >= 0.6 is 0 Å². The van der Waals surface area contributed by atoms with Gasteiger partial charge in [0.05, 0.1) is 24.9 Å². The van der Waals surface area contributed by atoms with Crippen molar-refractivity contribution < 1.29 is 19.4 Å². The van der Waals surface area contributed by atoms with Gasteiger partial charge in [-0.15, -0.1) is 0 Å². The van der Waals surface area contributed by atoms with Crippen molar-refractivity contribution in [3.05, 3.63) is 23.8 Å². The van der Waals surface area contributed by atoms with Gasteiger partial charge in [0.2, 0.25) is 17.8 Å². The standard InChI is InChI=1S/C25H36N4O4/c1-18-21-15-20(10-11-22(21)26-25-27-23(31)17-29(18)25)33-14-6-5-9-24(32)28(12-13-30)16-19-7-3-2-4-8-19/h10-11,15,18-19,30H,2-9,12-14,16-17H2,1H3,(H,26,27,31). The Morgan fingerprint density at radius 2 is 2.09 bits per heavy atom. The van der Waals surface area contributed by atoms with E-state index >= 15 is 0 Å². The summed E-state index contributed by atoms with van der Waals surface area (Å²) >= 11 is 0. The number of guanidine groups is 1. The van der Waals surface area contributed by atoms with E-state index in [4.69, 9.17) is 4.74 Å². The summed E-state index contributed by atoms with van der Waals surface area (Å²) in [6, 6.07) is 5.88. The van der Waals surface area contributed by atoms with Gasteiger partial charge in [-0.1, -0.05) is 19.3 Å². The molecule has 4 rings (SSSR count). The topological polar surface area (TPSA) is 94.5 Å². The number of fused-ring (bicyclic) bond motifs is 2. The number of unbranched alkanes of at least 4 members (excludes halogenated alkanes) is 1. The Balaban J connectivity index is 1.22. The SMILES string of the molecule is CC1c2cc(OCCCCC(=O)N(CCO)CC3CCCCC3)ccc2N=C2NC(=O)CN21. The summed E-state index contributed by atoms with van der Waals surface area (Å²) in [5, 5.41) is 12.2. The van der Waals surface area contributed by atoms with Gasteiger partial charge in [-0.2, -0.15) is 0 Å². The first-order chi connectivity index (χ1) is 16.0. The average Bonchev–Trinajstić information content (AvgIpc) is 3.20. The molecule has 0 spiro atoms. The molecule has 2 N–H and O–H groups in total. The van der Waals surface area contributed by atoms with E-state index < -0.39 is 0 Å². The highest BCUT2D eigenvalue weighted by Crippen LogP contribution is 2.37. The molecule has 2 amide bonds.